The average Bonchev–Trinajstić information content (AvgIpc) is 2.17. The molecule has 0 heterocycles. The zero-order chi connectivity index (χ0) is 12.2. The summed E-state index contributed by atoms with van der Waals surface area (Å²) in [5.74, 6) is 3.26. The zero-order valence-corrected chi connectivity index (χ0v) is 12.2. The topological polar surface area (TPSA) is 0 Å². The van der Waals surface area contributed by atoms with Crippen molar-refractivity contribution >= 4 is 0 Å². The molecular weight excluding hydrogens is 180 g/mol. The van der Waals surface area contributed by atoms with Gasteiger partial charge in [0.05, 0.1) is 0 Å². The fraction of sp³-hybridized carbons (Fsp3) is 1.00. The van der Waals surface area contributed by atoms with E-state index in [9.17, 15) is 0 Å². The first-order valence-electron chi connectivity index (χ1n) is 6.82. The summed E-state index contributed by atoms with van der Waals surface area (Å²) in [6.07, 6.45) is 2.63. The van der Waals surface area contributed by atoms with Crippen molar-refractivity contribution in [2.75, 3.05) is 0 Å². The quantitative estimate of drug-likeness (QED) is 0.554. The number of rotatable bonds is 6. The molecule has 0 saturated carbocycles. The lowest BCUT2D eigenvalue weighted by Crippen LogP contribution is -2.40. The predicted molar refractivity (Wildman–Crippen MR) is 71.0 cm³/mol. The summed E-state index contributed by atoms with van der Waals surface area (Å²) in [5, 5.41) is 0. The average molecular weight is 212 g/mol. The molecule has 0 radical (unpaired) electrons. The summed E-state index contributed by atoms with van der Waals surface area (Å²) in [4.78, 5) is 0. The van der Waals surface area contributed by atoms with Crippen LogP contribution < -0.4 is 0 Å². The molecule has 0 fully saturated rings. The molecule has 0 aliphatic heterocycles. The Morgan fingerprint density at radius 1 is 0.800 bits per heavy atom. The molecule has 0 nitrogen and oxygen atoms in total. The number of hydrogen-bond acceptors (Lipinski definition) is 0. The van der Waals surface area contributed by atoms with Crippen LogP contribution in [-0.4, -0.2) is 0 Å². The minimum atomic E-state index is 0.490. The second-order valence-corrected chi connectivity index (χ2v) is 6.08. The summed E-state index contributed by atoms with van der Waals surface area (Å²) in [6, 6.07) is 0. The molecule has 0 rings (SSSR count). The van der Waals surface area contributed by atoms with Crippen LogP contribution in [0.3, 0.4) is 0 Å². The second kappa shape index (κ2) is 5.92. The molecule has 2 unspecified atom stereocenters. The van der Waals surface area contributed by atoms with Gasteiger partial charge in [-0.15, -0.1) is 0 Å². The van der Waals surface area contributed by atoms with E-state index < -0.39 is 0 Å². The van der Waals surface area contributed by atoms with Crippen molar-refractivity contribution in [1.82, 2.24) is 0 Å². The third-order valence-corrected chi connectivity index (χ3v) is 5.06. The Morgan fingerprint density at radius 3 is 1.40 bits per heavy atom. The minimum Gasteiger partial charge on any atom is -0.0651 e. The molecule has 15 heavy (non-hydrogen) atoms. The Hall–Kier alpha value is 0. The minimum absolute atomic E-state index is 0.490. The molecule has 0 bridgehead atoms. The monoisotopic (exact) mass is 212 g/mol. The van der Waals surface area contributed by atoms with Crippen molar-refractivity contribution in [2.45, 2.75) is 68.2 Å². The smallest absolute Gasteiger partial charge is 0.0249 e. The molecule has 92 valence electrons. The third-order valence-electron chi connectivity index (χ3n) is 5.06. The molecule has 0 aromatic rings. The molecule has 2 atom stereocenters. The highest BCUT2D eigenvalue weighted by molar-refractivity contribution is 4.89. The van der Waals surface area contributed by atoms with Crippen LogP contribution in [0.4, 0.5) is 0 Å². The van der Waals surface area contributed by atoms with Gasteiger partial charge in [0.1, 0.15) is 0 Å². The zero-order valence-electron chi connectivity index (χ0n) is 12.2. The third kappa shape index (κ3) is 2.98. The molecule has 0 saturated heterocycles. The largest absolute Gasteiger partial charge is 0.0651 e. The van der Waals surface area contributed by atoms with Gasteiger partial charge in [-0.25, -0.2) is 0 Å². The summed E-state index contributed by atoms with van der Waals surface area (Å²) in [5.41, 5.74) is 0.490. The van der Waals surface area contributed by atoms with Crippen LogP contribution in [0, 0.1) is 29.1 Å². The van der Waals surface area contributed by atoms with Crippen LogP contribution in [-0.2, 0) is 0 Å². The summed E-state index contributed by atoms with van der Waals surface area (Å²) in [6.45, 7) is 19.2. The molecule has 0 heteroatoms. The van der Waals surface area contributed by atoms with Gasteiger partial charge in [-0.1, -0.05) is 68.2 Å². The standard InChI is InChI=1S/C15H32/c1-9-13(7)14(10-2)15(8,11(3)4)12(5)6/h11-14H,9-10H2,1-8H3. The normalized spacial score (nSPS) is 17.2. The van der Waals surface area contributed by atoms with E-state index in [0.29, 0.717) is 5.41 Å². The maximum Gasteiger partial charge on any atom is -0.0249 e. The van der Waals surface area contributed by atoms with Gasteiger partial charge in [0.2, 0.25) is 0 Å². The fourth-order valence-electron chi connectivity index (χ4n) is 3.26. The van der Waals surface area contributed by atoms with Gasteiger partial charge in [0.25, 0.3) is 0 Å². The number of hydrogen-bond donors (Lipinski definition) is 0. The SMILES string of the molecule is CCC(C)C(CC)C(C)(C(C)C)C(C)C. The molecule has 0 amide bonds. The van der Waals surface area contributed by atoms with E-state index in [0.717, 1.165) is 23.7 Å². The molecule has 0 N–H and O–H groups in total. The van der Waals surface area contributed by atoms with Crippen molar-refractivity contribution in [3.63, 3.8) is 0 Å². The lowest BCUT2D eigenvalue weighted by molar-refractivity contribution is 0.0166. The van der Waals surface area contributed by atoms with Gasteiger partial charge < -0.3 is 0 Å². The molecule has 0 aromatic heterocycles. The van der Waals surface area contributed by atoms with E-state index in [-0.39, 0.29) is 0 Å². The first-order chi connectivity index (χ1) is 6.82. The van der Waals surface area contributed by atoms with Gasteiger partial charge in [-0.05, 0) is 29.1 Å². The predicted octanol–water partition coefficient (Wildman–Crippen LogP) is 5.38. The van der Waals surface area contributed by atoms with Gasteiger partial charge in [0, 0.05) is 0 Å². The van der Waals surface area contributed by atoms with E-state index in [4.69, 9.17) is 0 Å². The first kappa shape index (κ1) is 15.0. The van der Waals surface area contributed by atoms with Crippen molar-refractivity contribution < 1.29 is 0 Å². The Kier molecular flexibility index (Phi) is 5.92. The molecule has 0 aliphatic rings. The Morgan fingerprint density at radius 2 is 1.20 bits per heavy atom. The highest BCUT2D eigenvalue weighted by atomic mass is 14.5. The Balaban J connectivity index is 5.02. The summed E-state index contributed by atoms with van der Waals surface area (Å²) >= 11 is 0. The van der Waals surface area contributed by atoms with Crippen LogP contribution >= 0.6 is 0 Å². The van der Waals surface area contributed by atoms with E-state index in [1.54, 1.807) is 0 Å². The summed E-state index contributed by atoms with van der Waals surface area (Å²) < 4.78 is 0. The van der Waals surface area contributed by atoms with E-state index in [1.165, 1.54) is 12.8 Å². The lowest BCUT2D eigenvalue weighted by Gasteiger charge is -2.47. The first-order valence-corrected chi connectivity index (χ1v) is 6.82. The molecule has 0 spiro atoms. The highest BCUT2D eigenvalue weighted by Crippen LogP contribution is 2.47. The van der Waals surface area contributed by atoms with Crippen molar-refractivity contribution in [2.24, 2.45) is 29.1 Å². The van der Waals surface area contributed by atoms with Crippen LogP contribution in [0.25, 0.3) is 0 Å². The van der Waals surface area contributed by atoms with Crippen LogP contribution in [0.15, 0.2) is 0 Å². The van der Waals surface area contributed by atoms with Crippen LogP contribution in [0.1, 0.15) is 68.2 Å². The fourth-order valence-corrected chi connectivity index (χ4v) is 3.26. The van der Waals surface area contributed by atoms with Crippen LogP contribution in [0.2, 0.25) is 0 Å². The van der Waals surface area contributed by atoms with Crippen molar-refractivity contribution in [3.8, 4) is 0 Å². The lowest BCUT2D eigenvalue weighted by atomic mass is 9.58. The van der Waals surface area contributed by atoms with Gasteiger partial charge >= 0.3 is 0 Å². The van der Waals surface area contributed by atoms with Gasteiger partial charge in [-0.2, -0.15) is 0 Å². The second-order valence-electron chi connectivity index (χ2n) is 6.08. The van der Waals surface area contributed by atoms with E-state index in [1.807, 2.05) is 0 Å². The van der Waals surface area contributed by atoms with E-state index >= 15 is 0 Å². The Labute approximate surface area is 97.8 Å². The molecule has 0 aromatic carbocycles. The van der Waals surface area contributed by atoms with Crippen molar-refractivity contribution in [1.29, 1.82) is 0 Å². The van der Waals surface area contributed by atoms with Crippen LogP contribution in [0.5, 0.6) is 0 Å². The summed E-state index contributed by atoms with van der Waals surface area (Å²) in [7, 11) is 0. The van der Waals surface area contributed by atoms with Crippen molar-refractivity contribution in [3.05, 3.63) is 0 Å². The highest BCUT2D eigenvalue weighted by Gasteiger charge is 2.40. The maximum absolute atomic E-state index is 2.50. The molecular formula is C15H32. The Bertz CT molecular complexity index is 159. The van der Waals surface area contributed by atoms with Gasteiger partial charge in [0.15, 0.2) is 0 Å². The van der Waals surface area contributed by atoms with Gasteiger partial charge in [-0.3, -0.25) is 0 Å². The molecule has 0 aliphatic carbocycles. The van der Waals surface area contributed by atoms with E-state index in [2.05, 4.69) is 55.4 Å². The maximum atomic E-state index is 2.50.